The molecule has 0 spiro atoms. The lowest BCUT2D eigenvalue weighted by atomic mass is 9.85. The molecular formula is C47H52F3N7O7S2. The van der Waals surface area contributed by atoms with Gasteiger partial charge in [-0.05, 0) is 92.0 Å². The number of nitrogens with one attached hydrogen (secondary N) is 2. The SMILES string of the molecule is Cc1ncsc1-c1ccc(CNC(=O)[C@@H]2C[C@@H](O)CN2C(=O)C(NC(=O)CCOCCCOc2ccc(N3C(=S)N(c4ccc(C#N)c(C(F)(F)F)c4)C(=O)C3(C)C)cc2)C(C)(C)C)cc1. The van der Waals surface area contributed by atoms with Crippen LogP contribution in [0.5, 0.6) is 5.75 Å². The van der Waals surface area contributed by atoms with Crippen molar-refractivity contribution in [3.8, 4) is 22.3 Å². The highest BCUT2D eigenvalue weighted by Crippen LogP contribution is 2.40. The van der Waals surface area contributed by atoms with E-state index in [2.05, 4.69) is 15.6 Å². The fraction of sp³-hybridized carbons (Fsp3) is 0.426. The second kappa shape index (κ2) is 20.3. The number of anilines is 2. The summed E-state index contributed by atoms with van der Waals surface area (Å²) in [7, 11) is 0. The van der Waals surface area contributed by atoms with E-state index in [4.69, 9.17) is 21.7 Å². The summed E-state index contributed by atoms with van der Waals surface area (Å²) in [5, 5.41) is 25.5. The second-order valence-electron chi connectivity index (χ2n) is 17.7. The molecule has 350 valence electrons. The van der Waals surface area contributed by atoms with Crippen LogP contribution < -0.4 is 25.2 Å². The predicted octanol–water partition coefficient (Wildman–Crippen LogP) is 6.91. The zero-order valence-corrected chi connectivity index (χ0v) is 39.0. The molecule has 6 rings (SSSR count). The first-order valence-corrected chi connectivity index (χ1v) is 22.6. The van der Waals surface area contributed by atoms with E-state index in [0.29, 0.717) is 17.9 Å². The number of amides is 4. The number of aryl methyl sites for hydroxylation is 1. The van der Waals surface area contributed by atoms with Crippen LogP contribution in [0, 0.1) is 23.7 Å². The molecule has 3 N–H and O–H groups in total. The highest BCUT2D eigenvalue weighted by atomic mass is 32.1. The largest absolute Gasteiger partial charge is 0.494 e. The number of likely N-dealkylation sites (tertiary alicyclic amines) is 1. The number of rotatable bonds is 16. The summed E-state index contributed by atoms with van der Waals surface area (Å²) in [5.74, 6) is -1.31. The summed E-state index contributed by atoms with van der Waals surface area (Å²) < 4.78 is 52.7. The lowest BCUT2D eigenvalue weighted by Crippen LogP contribution is -2.57. The van der Waals surface area contributed by atoms with E-state index in [1.165, 1.54) is 17.0 Å². The summed E-state index contributed by atoms with van der Waals surface area (Å²) in [6.07, 6.45) is -5.19. The first-order valence-electron chi connectivity index (χ1n) is 21.3. The highest BCUT2D eigenvalue weighted by molar-refractivity contribution is 7.81. The van der Waals surface area contributed by atoms with Gasteiger partial charge in [0.25, 0.3) is 5.91 Å². The molecule has 3 aromatic carbocycles. The first-order chi connectivity index (χ1) is 31.1. The van der Waals surface area contributed by atoms with E-state index in [1.54, 1.807) is 59.9 Å². The Bertz CT molecular complexity index is 2480. The average molecular weight is 948 g/mol. The summed E-state index contributed by atoms with van der Waals surface area (Å²) in [6, 6.07) is 17.2. The molecular weight excluding hydrogens is 896 g/mol. The second-order valence-corrected chi connectivity index (χ2v) is 18.9. The molecule has 3 heterocycles. The number of carbonyl (C=O) groups is 4. The van der Waals surface area contributed by atoms with E-state index in [1.807, 2.05) is 52.0 Å². The van der Waals surface area contributed by atoms with E-state index in [-0.39, 0.29) is 56.6 Å². The van der Waals surface area contributed by atoms with Gasteiger partial charge in [-0.3, -0.25) is 24.1 Å². The van der Waals surface area contributed by atoms with Crippen molar-refractivity contribution < 1.29 is 46.9 Å². The molecule has 0 aliphatic carbocycles. The number of ether oxygens (including phenoxy) is 2. The van der Waals surface area contributed by atoms with Crippen molar-refractivity contribution >= 4 is 63.7 Å². The number of nitriles is 1. The van der Waals surface area contributed by atoms with Crippen LogP contribution in [-0.2, 0) is 36.6 Å². The Morgan fingerprint density at radius 3 is 2.33 bits per heavy atom. The zero-order valence-electron chi connectivity index (χ0n) is 37.4. The third-order valence-electron chi connectivity index (χ3n) is 11.3. The fourth-order valence-corrected chi connectivity index (χ4v) is 9.12. The van der Waals surface area contributed by atoms with Crippen molar-refractivity contribution in [3.63, 3.8) is 0 Å². The molecule has 2 saturated heterocycles. The van der Waals surface area contributed by atoms with Gasteiger partial charge in [0.05, 0.1) is 58.3 Å². The smallest absolute Gasteiger partial charge is 0.417 e. The fourth-order valence-electron chi connectivity index (χ4n) is 7.78. The van der Waals surface area contributed by atoms with Gasteiger partial charge in [-0.2, -0.15) is 18.4 Å². The normalized spacial score (nSPS) is 17.7. The van der Waals surface area contributed by atoms with Gasteiger partial charge in [-0.15, -0.1) is 11.3 Å². The van der Waals surface area contributed by atoms with Crippen molar-refractivity contribution in [1.29, 1.82) is 5.26 Å². The van der Waals surface area contributed by atoms with E-state index in [9.17, 15) is 42.7 Å². The third kappa shape index (κ3) is 11.2. The summed E-state index contributed by atoms with van der Waals surface area (Å²) in [6.45, 7) is 11.4. The topological polar surface area (TPSA) is 177 Å². The van der Waals surface area contributed by atoms with E-state index in [0.717, 1.165) is 38.7 Å². The molecule has 3 atom stereocenters. The predicted molar refractivity (Wildman–Crippen MR) is 246 cm³/mol. The minimum Gasteiger partial charge on any atom is -0.494 e. The molecule has 0 bridgehead atoms. The average Bonchev–Trinajstić information content (AvgIpc) is 3.93. The number of nitrogens with zero attached hydrogens (tertiary/aromatic N) is 5. The summed E-state index contributed by atoms with van der Waals surface area (Å²) in [5.41, 5.74) is 1.34. The number of hydrogen-bond donors (Lipinski definition) is 3. The molecule has 1 unspecified atom stereocenters. The minimum atomic E-state index is -4.81. The zero-order chi connectivity index (χ0) is 48.1. The Balaban J connectivity index is 0.942. The number of aliphatic hydroxyl groups excluding tert-OH is 1. The Morgan fingerprint density at radius 2 is 1.71 bits per heavy atom. The van der Waals surface area contributed by atoms with Gasteiger partial charge in [-0.1, -0.05) is 45.0 Å². The van der Waals surface area contributed by atoms with Gasteiger partial charge in [0.15, 0.2) is 5.11 Å². The number of thiocarbonyl (C=S) groups is 1. The van der Waals surface area contributed by atoms with Gasteiger partial charge in [-0.25, -0.2) is 4.98 Å². The number of aliphatic hydroxyl groups is 1. The van der Waals surface area contributed by atoms with Crippen LogP contribution in [0.1, 0.15) is 76.3 Å². The minimum absolute atomic E-state index is 0.0279. The molecule has 4 amide bonds. The van der Waals surface area contributed by atoms with E-state index < -0.39 is 70.1 Å². The van der Waals surface area contributed by atoms with Gasteiger partial charge in [0.2, 0.25) is 17.7 Å². The molecule has 2 aliphatic rings. The number of benzene rings is 3. The maximum atomic E-state index is 14.0. The van der Waals surface area contributed by atoms with Gasteiger partial charge >= 0.3 is 6.18 Å². The van der Waals surface area contributed by atoms with Crippen molar-refractivity contribution in [3.05, 3.63) is 94.6 Å². The van der Waals surface area contributed by atoms with Crippen molar-refractivity contribution in [2.75, 3.05) is 36.2 Å². The molecule has 1 aromatic heterocycles. The first kappa shape index (κ1) is 49.5. The van der Waals surface area contributed by atoms with Crippen LogP contribution in [0.4, 0.5) is 24.5 Å². The number of β-amino-alcohol motifs (C(OH)–C–C–N with tert-alkyl or cyclic N) is 1. The number of hydrogen-bond acceptors (Lipinski definition) is 11. The lowest BCUT2D eigenvalue weighted by Gasteiger charge is -2.35. The third-order valence-corrected chi connectivity index (χ3v) is 12.7. The van der Waals surface area contributed by atoms with Gasteiger partial charge < -0.3 is 35.0 Å². The summed E-state index contributed by atoms with van der Waals surface area (Å²) in [4.78, 5) is 63.4. The van der Waals surface area contributed by atoms with Crippen molar-refractivity contribution in [2.45, 2.75) is 97.3 Å². The Labute approximate surface area is 390 Å². The number of thiazole rings is 1. The molecule has 0 radical (unpaired) electrons. The van der Waals surface area contributed by atoms with Crippen LogP contribution in [0.15, 0.2) is 72.2 Å². The molecule has 19 heteroatoms. The van der Waals surface area contributed by atoms with Crippen molar-refractivity contribution in [2.24, 2.45) is 5.41 Å². The maximum absolute atomic E-state index is 14.0. The van der Waals surface area contributed by atoms with Crippen LogP contribution in [-0.4, -0.2) is 93.8 Å². The molecule has 66 heavy (non-hydrogen) atoms. The molecule has 0 saturated carbocycles. The lowest BCUT2D eigenvalue weighted by molar-refractivity contribution is -0.144. The summed E-state index contributed by atoms with van der Waals surface area (Å²) >= 11 is 7.17. The standard InChI is InChI=1S/C47H52F3N7O7S2/c1-28-39(66-27-53-28)30-10-8-29(9-11-30)25-52-41(60)37-23-34(58)26-55(37)42(61)40(45(2,3)4)54-38(59)18-21-63-19-7-20-64-35-16-14-32(15-17-35)57-44(65)56(43(62)46(57,5)6)33-13-12-31(24-51)36(22-33)47(48,49)50/h8-17,22,27,34,37,40,58H,7,18-21,23,25-26H2,1-6H3,(H,52,60)(H,54,59)/t34-,37+,40?/m1/s1. The molecule has 2 aliphatic heterocycles. The quantitative estimate of drug-likeness (QED) is 0.0786. The van der Waals surface area contributed by atoms with Crippen molar-refractivity contribution in [1.82, 2.24) is 20.5 Å². The van der Waals surface area contributed by atoms with Crippen LogP contribution in [0.3, 0.4) is 0 Å². The Morgan fingerprint density at radius 1 is 1.03 bits per heavy atom. The number of aromatic nitrogens is 1. The van der Waals surface area contributed by atoms with Crippen LogP contribution >= 0.6 is 23.6 Å². The molecule has 4 aromatic rings. The maximum Gasteiger partial charge on any atom is 0.417 e. The van der Waals surface area contributed by atoms with E-state index >= 15 is 0 Å². The Hall–Kier alpha value is -5.94. The monoisotopic (exact) mass is 947 g/mol. The van der Waals surface area contributed by atoms with Gasteiger partial charge in [0.1, 0.15) is 23.4 Å². The van der Waals surface area contributed by atoms with Crippen LogP contribution in [0.25, 0.3) is 10.4 Å². The molecule has 2 fully saturated rings. The van der Waals surface area contributed by atoms with Gasteiger partial charge in [0, 0.05) is 44.6 Å². The highest BCUT2D eigenvalue weighted by Gasteiger charge is 2.51. The molecule has 14 nitrogen and oxygen atoms in total. The number of carbonyl (C=O) groups excluding carboxylic acids is 4. The van der Waals surface area contributed by atoms with Crippen LogP contribution in [0.2, 0.25) is 0 Å². The number of alkyl halides is 3. The Kier molecular flexibility index (Phi) is 15.2. The number of halogens is 3.